The number of amides is 2. The zero-order valence-corrected chi connectivity index (χ0v) is 24.5. The molecule has 15 heteroatoms. The summed E-state index contributed by atoms with van der Waals surface area (Å²) in [5.41, 5.74) is -9.52. The third-order valence-corrected chi connectivity index (χ3v) is 6.93. The Bertz CT molecular complexity index is 1800. The number of halogens is 6. The molecule has 0 aliphatic rings. The fraction of sp³-hybridized carbons (Fsp3) is 0.300. The predicted octanol–water partition coefficient (Wildman–Crippen LogP) is 4.98. The monoisotopic (exact) mass is 635 g/mol. The maximum Gasteiger partial charge on any atom is 0.424 e. The first-order valence-corrected chi connectivity index (χ1v) is 13.2. The van der Waals surface area contributed by atoms with E-state index in [1.165, 1.54) is 19.2 Å². The van der Waals surface area contributed by atoms with E-state index in [1.807, 2.05) is 5.32 Å². The highest BCUT2D eigenvalue weighted by Crippen LogP contribution is 2.43. The van der Waals surface area contributed by atoms with Gasteiger partial charge in [-0.25, -0.2) is 18.2 Å². The zero-order chi connectivity index (χ0) is 33.5. The molecule has 0 saturated heterocycles. The van der Waals surface area contributed by atoms with Gasteiger partial charge < -0.3 is 20.5 Å². The first-order chi connectivity index (χ1) is 20.9. The number of nitrogens with zero attached hydrogens (tertiary/aromatic N) is 3. The molecule has 4 aromatic rings. The number of aryl methyl sites for hydroxylation is 1. The van der Waals surface area contributed by atoms with E-state index >= 15 is 8.78 Å². The molecule has 0 spiro atoms. The fourth-order valence-electron chi connectivity index (χ4n) is 4.81. The van der Waals surface area contributed by atoms with E-state index in [0.717, 1.165) is 45.0 Å². The van der Waals surface area contributed by atoms with Gasteiger partial charge in [0.1, 0.15) is 28.5 Å². The number of nitrogens with one attached hydrogen (secondary N) is 2. The van der Waals surface area contributed by atoms with Crippen molar-refractivity contribution in [1.82, 2.24) is 25.8 Å². The number of carbonyl (C=O) groups excluding carboxylic acids is 2. The van der Waals surface area contributed by atoms with E-state index in [-0.39, 0.29) is 22.4 Å². The summed E-state index contributed by atoms with van der Waals surface area (Å²) < 4.78 is 94.8. The van der Waals surface area contributed by atoms with Crippen molar-refractivity contribution in [2.45, 2.75) is 45.0 Å². The lowest BCUT2D eigenvalue weighted by Crippen LogP contribution is -2.53. The van der Waals surface area contributed by atoms with Crippen LogP contribution in [0.15, 0.2) is 42.5 Å². The zero-order valence-electron chi connectivity index (χ0n) is 24.5. The molecule has 0 aliphatic carbocycles. The van der Waals surface area contributed by atoms with Crippen LogP contribution in [0.5, 0.6) is 5.75 Å². The first-order valence-electron chi connectivity index (χ1n) is 13.2. The number of fused-ring (bicyclic) bond motifs is 1. The van der Waals surface area contributed by atoms with Gasteiger partial charge in [0.15, 0.2) is 11.6 Å². The number of pyridine rings is 1. The van der Waals surface area contributed by atoms with Gasteiger partial charge in [-0.2, -0.15) is 18.3 Å². The van der Waals surface area contributed by atoms with Gasteiger partial charge in [-0.05, 0) is 63.2 Å². The molecule has 2 heterocycles. The molecule has 0 saturated carbocycles. The lowest BCUT2D eigenvalue weighted by Gasteiger charge is -2.34. The number of benzene rings is 2. The van der Waals surface area contributed by atoms with Crippen molar-refractivity contribution < 1.29 is 45.8 Å². The topological polar surface area (TPSA) is 126 Å². The van der Waals surface area contributed by atoms with Gasteiger partial charge in [-0.1, -0.05) is 0 Å². The standard InChI is InChI=1S/C30H27F6N5O4/c1-14-10-17-11-18(12-20(45-5)24(17)41-40-14)27(43)37-13-29(44,30(34,35)36)26-23(33)21(28(3,4)39-15(2)42)22(32)25(38-26)16-6-8-19(31)9-7-16/h6-12,44H,13H2,1-5H3,(H,37,43)(H,39,42)/t29-/m0/s1. The van der Waals surface area contributed by atoms with E-state index < -0.39 is 70.1 Å². The van der Waals surface area contributed by atoms with Gasteiger partial charge in [0.25, 0.3) is 5.91 Å². The van der Waals surface area contributed by atoms with Gasteiger partial charge in [0.2, 0.25) is 11.5 Å². The van der Waals surface area contributed by atoms with E-state index in [2.05, 4.69) is 20.5 Å². The summed E-state index contributed by atoms with van der Waals surface area (Å²) >= 11 is 0. The highest BCUT2D eigenvalue weighted by atomic mass is 19.4. The second-order valence-corrected chi connectivity index (χ2v) is 10.8. The molecular weight excluding hydrogens is 608 g/mol. The Kier molecular flexibility index (Phi) is 8.79. The Hall–Kier alpha value is -4.79. The van der Waals surface area contributed by atoms with Crippen LogP contribution in [0.3, 0.4) is 0 Å². The second kappa shape index (κ2) is 12.0. The molecule has 2 amide bonds. The van der Waals surface area contributed by atoms with Crippen LogP contribution in [0.2, 0.25) is 0 Å². The summed E-state index contributed by atoms with van der Waals surface area (Å²) in [5, 5.41) is 23.6. The average molecular weight is 636 g/mol. The Labute approximate surface area is 252 Å². The number of carbonyl (C=O) groups is 2. The van der Waals surface area contributed by atoms with E-state index in [9.17, 15) is 32.3 Å². The Morgan fingerprint density at radius 3 is 2.20 bits per heavy atom. The van der Waals surface area contributed by atoms with Gasteiger partial charge in [-0.3, -0.25) is 9.59 Å². The lowest BCUT2D eigenvalue weighted by molar-refractivity contribution is -0.266. The highest BCUT2D eigenvalue weighted by molar-refractivity contribution is 5.99. The number of hydrogen-bond acceptors (Lipinski definition) is 7. The minimum Gasteiger partial charge on any atom is -0.494 e. The molecule has 4 rings (SSSR count). The SMILES string of the molecule is COc1cc(C(=O)NC[C@](O)(c2nc(-c3ccc(F)cc3)c(F)c(C(C)(C)NC(C)=O)c2F)C(F)(F)F)cc2cc(C)nnc12. The van der Waals surface area contributed by atoms with Gasteiger partial charge in [-0.15, -0.1) is 5.10 Å². The quantitative estimate of drug-likeness (QED) is 0.233. The number of aromatic nitrogens is 3. The predicted molar refractivity (Wildman–Crippen MR) is 150 cm³/mol. The number of alkyl halides is 3. The summed E-state index contributed by atoms with van der Waals surface area (Å²) in [6.45, 7) is 3.24. The van der Waals surface area contributed by atoms with Crippen molar-refractivity contribution in [3.63, 3.8) is 0 Å². The van der Waals surface area contributed by atoms with Crippen LogP contribution in [0.1, 0.15) is 48.1 Å². The van der Waals surface area contributed by atoms with E-state index in [4.69, 9.17) is 4.74 Å². The molecule has 0 unspecified atom stereocenters. The molecule has 9 nitrogen and oxygen atoms in total. The van der Waals surface area contributed by atoms with Gasteiger partial charge in [0.05, 0.1) is 30.5 Å². The number of rotatable bonds is 8. The van der Waals surface area contributed by atoms with Crippen molar-refractivity contribution in [3.05, 3.63) is 82.4 Å². The molecule has 3 N–H and O–H groups in total. The lowest BCUT2D eigenvalue weighted by atomic mass is 9.87. The third kappa shape index (κ3) is 6.38. The Balaban J connectivity index is 1.87. The molecule has 0 aliphatic heterocycles. The van der Waals surface area contributed by atoms with Gasteiger partial charge in [0, 0.05) is 23.4 Å². The van der Waals surface area contributed by atoms with E-state index in [0.29, 0.717) is 11.1 Å². The molecule has 1 atom stereocenters. The van der Waals surface area contributed by atoms with Crippen LogP contribution in [-0.4, -0.2) is 51.9 Å². The van der Waals surface area contributed by atoms with Crippen molar-refractivity contribution in [2.24, 2.45) is 0 Å². The number of methoxy groups -OCH3 is 1. The Morgan fingerprint density at radius 2 is 1.62 bits per heavy atom. The highest BCUT2D eigenvalue weighted by Gasteiger charge is 2.58. The number of aliphatic hydroxyl groups is 1. The van der Waals surface area contributed by atoms with Crippen molar-refractivity contribution in [3.8, 4) is 17.0 Å². The molecule has 0 fully saturated rings. The molecule has 2 aromatic heterocycles. The average Bonchev–Trinajstić information content (AvgIpc) is 2.94. The van der Waals surface area contributed by atoms with Crippen LogP contribution < -0.4 is 15.4 Å². The molecule has 238 valence electrons. The minimum absolute atomic E-state index is 0.0799. The normalized spacial score (nSPS) is 13.3. The number of ether oxygens (including phenoxy) is 1. The van der Waals surface area contributed by atoms with Crippen molar-refractivity contribution in [2.75, 3.05) is 13.7 Å². The maximum absolute atomic E-state index is 16.1. The van der Waals surface area contributed by atoms with E-state index in [1.54, 1.807) is 13.0 Å². The second-order valence-electron chi connectivity index (χ2n) is 10.8. The molecule has 45 heavy (non-hydrogen) atoms. The summed E-state index contributed by atoms with van der Waals surface area (Å²) in [5.74, 6) is -5.96. The van der Waals surface area contributed by atoms with Crippen LogP contribution in [0.25, 0.3) is 22.2 Å². The first kappa shape index (κ1) is 33.1. The Morgan fingerprint density at radius 1 is 0.978 bits per heavy atom. The molecule has 0 bridgehead atoms. The maximum atomic E-state index is 16.1. The fourth-order valence-corrected chi connectivity index (χ4v) is 4.81. The van der Waals surface area contributed by atoms with Crippen LogP contribution in [-0.2, 0) is 15.9 Å². The summed E-state index contributed by atoms with van der Waals surface area (Å²) in [7, 11) is 1.28. The largest absolute Gasteiger partial charge is 0.494 e. The summed E-state index contributed by atoms with van der Waals surface area (Å²) in [6.07, 6.45) is -5.69. The van der Waals surface area contributed by atoms with Crippen molar-refractivity contribution >= 4 is 22.7 Å². The van der Waals surface area contributed by atoms with Gasteiger partial charge >= 0.3 is 6.18 Å². The van der Waals surface area contributed by atoms with Crippen molar-refractivity contribution in [1.29, 1.82) is 0 Å². The molecule has 2 aromatic carbocycles. The third-order valence-electron chi connectivity index (χ3n) is 6.93. The smallest absolute Gasteiger partial charge is 0.424 e. The van der Waals surface area contributed by atoms with Crippen LogP contribution >= 0.6 is 0 Å². The summed E-state index contributed by atoms with van der Waals surface area (Å²) in [4.78, 5) is 28.5. The molecule has 0 radical (unpaired) electrons. The summed E-state index contributed by atoms with van der Waals surface area (Å²) in [6, 6.07) is 7.78. The number of hydrogen-bond donors (Lipinski definition) is 3. The van der Waals surface area contributed by atoms with Crippen LogP contribution in [0, 0.1) is 24.4 Å². The molecular formula is C30H27F6N5O4. The van der Waals surface area contributed by atoms with Crippen LogP contribution in [0.4, 0.5) is 26.3 Å². The minimum atomic E-state index is -5.69.